The lowest BCUT2D eigenvalue weighted by Crippen LogP contribution is -2.08. The first kappa shape index (κ1) is 11.7. The van der Waals surface area contributed by atoms with E-state index < -0.39 is 0 Å². The van der Waals surface area contributed by atoms with Gasteiger partial charge in [0.05, 0.1) is 23.0 Å². The molecule has 0 amide bonds. The molecule has 0 saturated carbocycles. The van der Waals surface area contributed by atoms with Crippen LogP contribution in [0.3, 0.4) is 0 Å². The minimum atomic E-state index is 0.0179. The second-order valence-electron chi connectivity index (χ2n) is 3.66. The molecule has 17 heavy (non-hydrogen) atoms. The SMILES string of the molecule is CC(Nc1ccc(O)c(Cl)c1)c1cnccn1. The highest BCUT2D eigenvalue weighted by molar-refractivity contribution is 6.32. The largest absolute Gasteiger partial charge is 0.506 e. The van der Waals surface area contributed by atoms with Crippen LogP contribution in [0.15, 0.2) is 36.8 Å². The standard InChI is InChI=1S/C12H12ClN3O/c1-8(11-7-14-4-5-15-11)16-9-2-3-12(17)10(13)6-9/h2-8,16-17H,1H3. The van der Waals surface area contributed by atoms with Crippen molar-refractivity contribution in [3.63, 3.8) is 0 Å². The predicted octanol–water partition coefficient (Wildman–Crippen LogP) is 3.01. The van der Waals surface area contributed by atoms with Crippen molar-refractivity contribution in [3.05, 3.63) is 47.5 Å². The van der Waals surface area contributed by atoms with Crippen molar-refractivity contribution < 1.29 is 5.11 Å². The average molecular weight is 250 g/mol. The van der Waals surface area contributed by atoms with Gasteiger partial charge in [-0.25, -0.2) is 0 Å². The van der Waals surface area contributed by atoms with Gasteiger partial charge >= 0.3 is 0 Å². The zero-order valence-corrected chi connectivity index (χ0v) is 10.0. The summed E-state index contributed by atoms with van der Waals surface area (Å²) in [6, 6.07) is 5.00. The number of nitrogens with one attached hydrogen (secondary N) is 1. The molecule has 0 spiro atoms. The second kappa shape index (κ2) is 5.01. The molecule has 1 unspecified atom stereocenters. The maximum atomic E-state index is 9.31. The summed E-state index contributed by atoms with van der Waals surface area (Å²) in [5.41, 5.74) is 1.67. The minimum absolute atomic E-state index is 0.0179. The Morgan fingerprint density at radius 2 is 2.18 bits per heavy atom. The first-order valence-electron chi connectivity index (χ1n) is 5.18. The van der Waals surface area contributed by atoms with Gasteiger partial charge in [0.25, 0.3) is 0 Å². The Hall–Kier alpha value is -1.81. The first-order valence-corrected chi connectivity index (χ1v) is 5.55. The van der Waals surface area contributed by atoms with Crippen LogP contribution in [0.25, 0.3) is 0 Å². The van der Waals surface area contributed by atoms with Crippen LogP contribution in [0, 0.1) is 0 Å². The summed E-state index contributed by atoms with van der Waals surface area (Å²) in [5.74, 6) is 0.0735. The molecule has 1 heterocycles. The maximum Gasteiger partial charge on any atom is 0.134 e. The Labute approximate surface area is 104 Å². The molecule has 0 fully saturated rings. The van der Waals surface area contributed by atoms with Crippen LogP contribution >= 0.6 is 11.6 Å². The Kier molecular flexibility index (Phi) is 3.44. The topological polar surface area (TPSA) is 58.0 Å². The van der Waals surface area contributed by atoms with Crippen LogP contribution in [0.5, 0.6) is 5.75 Å². The van der Waals surface area contributed by atoms with Gasteiger partial charge in [0.1, 0.15) is 5.75 Å². The highest BCUT2D eigenvalue weighted by Crippen LogP contribution is 2.27. The van der Waals surface area contributed by atoms with E-state index in [1.54, 1.807) is 36.8 Å². The summed E-state index contributed by atoms with van der Waals surface area (Å²) < 4.78 is 0. The molecule has 2 aromatic rings. The van der Waals surface area contributed by atoms with E-state index in [9.17, 15) is 5.11 Å². The molecule has 0 radical (unpaired) electrons. The highest BCUT2D eigenvalue weighted by atomic mass is 35.5. The van der Waals surface area contributed by atoms with E-state index in [-0.39, 0.29) is 11.8 Å². The smallest absolute Gasteiger partial charge is 0.134 e. The zero-order valence-electron chi connectivity index (χ0n) is 9.26. The Bertz CT molecular complexity index is 504. The molecule has 1 aromatic heterocycles. The Morgan fingerprint density at radius 1 is 1.35 bits per heavy atom. The quantitative estimate of drug-likeness (QED) is 0.821. The van der Waals surface area contributed by atoms with Crippen molar-refractivity contribution >= 4 is 17.3 Å². The van der Waals surface area contributed by atoms with Gasteiger partial charge in [-0.3, -0.25) is 9.97 Å². The number of hydrogen-bond acceptors (Lipinski definition) is 4. The Balaban J connectivity index is 2.13. The van der Waals surface area contributed by atoms with Crippen LogP contribution in [0.2, 0.25) is 5.02 Å². The molecule has 0 bridgehead atoms. The molecule has 88 valence electrons. The van der Waals surface area contributed by atoms with Gasteiger partial charge in [0, 0.05) is 18.1 Å². The number of anilines is 1. The average Bonchev–Trinajstić information content (AvgIpc) is 2.35. The number of nitrogens with zero attached hydrogens (tertiary/aromatic N) is 2. The molecular formula is C12H12ClN3O. The van der Waals surface area contributed by atoms with Crippen molar-refractivity contribution in [3.8, 4) is 5.75 Å². The molecule has 2 N–H and O–H groups in total. The summed E-state index contributed by atoms with van der Waals surface area (Å²) in [6.07, 6.45) is 4.99. The lowest BCUT2D eigenvalue weighted by Gasteiger charge is -2.14. The molecular weight excluding hydrogens is 238 g/mol. The van der Waals surface area contributed by atoms with E-state index >= 15 is 0 Å². The maximum absolute atomic E-state index is 9.31. The lowest BCUT2D eigenvalue weighted by atomic mass is 10.2. The van der Waals surface area contributed by atoms with Gasteiger partial charge in [0.2, 0.25) is 0 Å². The fourth-order valence-electron chi connectivity index (χ4n) is 1.45. The van der Waals surface area contributed by atoms with Gasteiger partial charge < -0.3 is 10.4 Å². The number of aromatic nitrogens is 2. The van der Waals surface area contributed by atoms with Gasteiger partial charge in [-0.1, -0.05) is 11.6 Å². The molecule has 1 aromatic carbocycles. The molecule has 0 saturated heterocycles. The van der Waals surface area contributed by atoms with Gasteiger partial charge in [-0.2, -0.15) is 0 Å². The first-order chi connectivity index (χ1) is 8.16. The van der Waals surface area contributed by atoms with Crippen LogP contribution in [-0.2, 0) is 0 Å². The third-order valence-electron chi connectivity index (χ3n) is 2.36. The highest BCUT2D eigenvalue weighted by Gasteiger charge is 2.07. The van der Waals surface area contributed by atoms with Crippen LogP contribution in [-0.4, -0.2) is 15.1 Å². The van der Waals surface area contributed by atoms with Crippen molar-refractivity contribution in [1.82, 2.24) is 9.97 Å². The van der Waals surface area contributed by atoms with Crippen LogP contribution < -0.4 is 5.32 Å². The Morgan fingerprint density at radius 3 is 2.82 bits per heavy atom. The monoisotopic (exact) mass is 249 g/mol. The van der Waals surface area contributed by atoms with Gasteiger partial charge in [0.15, 0.2) is 0 Å². The van der Waals surface area contributed by atoms with E-state index in [0.29, 0.717) is 5.02 Å². The molecule has 0 aliphatic carbocycles. The molecule has 0 aliphatic rings. The van der Waals surface area contributed by atoms with Crippen molar-refractivity contribution in [2.75, 3.05) is 5.32 Å². The number of benzene rings is 1. The molecule has 2 rings (SSSR count). The lowest BCUT2D eigenvalue weighted by molar-refractivity contribution is 0.475. The van der Waals surface area contributed by atoms with Gasteiger partial charge in [-0.15, -0.1) is 0 Å². The number of phenolic OH excluding ortho intramolecular Hbond substituents is 1. The fraction of sp³-hybridized carbons (Fsp3) is 0.167. The van der Waals surface area contributed by atoms with Crippen LogP contribution in [0.4, 0.5) is 5.69 Å². The third kappa shape index (κ3) is 2.85. The summed E-state index contributed by atoms with van der Waals surface area (Å²) >= 11 is 5.83. The van der Waals surface area contributed by atoms with E-state index in [4.69, 9.17) is 11.6 Å². The fourth-order valence-corrected chi connectivity index (χ4v) is 1.64. The predicted molar refractivity (Wildman–Crippen MR) is 67.2 cm³/mol. The number of aromatic hydroxyl groups is 1. The van der Waals surface area contributed by atoms with Crippen molar-refractivity contribution in [2.24, 2.45) is 0 Å². The molecule has 0 aliphatic heterocycles. The number of hydrogen-bond donors (Lipinski definition) is 2. The summed E-state index contributed by atoms with van der Waals surface area (Å²) in [4.78, 5) is 8.22. The second-order valence-corrected chi connectivity index (χ2v) is 4.07. The summed E-state index contributed by atoms with van der Waals surface area (Å²) in [5, 5.41) is 12.9. The van der Waals surface area contributed by atoms with Crippen molar-refractivity contribution in [1.29, 1.82) is 0 Å². The minimum Gasteiger partial charge on any atom is -0.506 e. The van der Waals surface area contributed by atoms with E-state index in [1.165, 1.54) is 0 Å². The zero-order chi connectivity index (χ0) is 12.3. The van der Waals surface area contributed by atoms with E-state index in [1.807, 2.05) is 6.92 Å². The van der Waals surface area contributed by atoms with Crippen LogP contribution in [0.1, 0.15) is 18.7 Å². The molecule has 4 nitrogen and oxygen atoms in total. The van der Waals surface area contributed by atoms with E-state index in [0.717, 1.165) is 11.4 Å². The van der Waals surface area contributed by atoms with Gasteiger partial charge in [-0.05, 0) is 25.1 Å². The molecule has 5 heteroatoms. The third-order valence-corrected chi connectivity index (χ3v) is 2.66. The van der Waals surface area contributed by atoms with E-state index in [2.05, 4.69) is 15.3 Å². The number of halogens is 1. The normalized spacial score (nSPS) is 12.1. The number of phenols is 1. The summed E-state index contributed by atoms with van der Waals surface area (Å²) in [6.45, 7) is 1.98. The van der Waals surface area contributed by atoms with Crippen molar-refractivity contribution in [2.45, 2.75) is 13.0 Å². The molecule has 1 atom stereocenters. The summed E-state index contributed by atoms with van der Waals surface area (Å²) in [7, 11) is 0. The number of rotatable bonds is 3.